The number of nitrogen functional groups attached to an aromatic ring is 1. The van der Waals surface area contributed by atoms with Gasteiger partial charge in [0.2, 0.25) is 0 Å². The second kappa shape index (κ2) is 6.20. The summed E-state index contributed by atoms with van der Waals surface area (Å²) in [4.78, 5) is 0. The summed E-state index contributed by atoms with van der Waals surface area (Å²) < 4.78 is 4.12. The molecule has 0 radical (unpaired) electrons. The summed E-state index contributed by atoms with van der Waals surface area (Å²) in [5.74, 6) is 0.693. The number of benzene rings is 2. The lowest BCUT2D eigenvalue weighted by atomic mass is 10.1. The van der Waals surface area contributed by atoms with E-state index in [1.807, 2.05) is 47.0 Å². The highest BCUT2D eigenvalue weighted by Crippen LogP contribution is 2.19. The molecule has 0 amide bonds. The van der Waals surface area contributed by atoms with E-state index in [9.17, 15) is 5.11 Å². The zero-order valence-corrected chi connectivity index (χ0v) is 12.8. The Morgan fingerprint density at radius 3 is 2.50 bits per heavy atom. The number of aliphatic hydroxyl groups is 1. The van der Waals surface area contributed by atoms with Gasteiger partial charge in [0.15, 0.2) is 0 Å². The van der Waals surface area contributed by atoms with Gasteiger partial charge in [-0.15, -0.1) is 0 Å². The Kier molecular flexibility index (Phi) is 4.11. The van der Waals surface area contributed by atoms with Gasteiger partial charge >= 0.3 is 5.95 Å². The van der Waals surface area contributed by atoms with Crippen molar-refractivity contribution in [1.82, 2.24) is 4.57 Å². The lowest BCUT2D eigenvalue weighted by Crippen LogP contribution is -2.39. The van der Waals surface area contributed by atoms with Gasteiger partial charge in [-0.3, -0.25) is 5.73 Å². The van der Waals surface area contributed by atoms with E-state index < -0.39 is 6.10 Å². The molecule has 0 bridgehead atoms. The van der Waals surface area contributed by atoms with Crippen molar-refractivity contribution in [3.8, 4) is 0 Å². The molecule has 0 fully saturated rings. The topological polar surface area (TPSA) is 55.1 Å². The van der Waals surface area contributed by atoms with Crippen LogP contribution < -0.4 is 10.3 Å². The molecule has 2 aromatic carbocycles. The number of nitrogens with zero attached hydrogens (tertiary/aromatic N) is 2. The van der Waals surface area contributed by atoms with Crippen LogP contribution in [0, 0.1) is 0 Å². The Balaban J connectivity index is 2.02. The predicted octanol–water partition coefficient (Wildman–Crippen LogP) is 2.65. The summed E-state index contributed by atoms with van der Waals surface area (Å²) in [6, 6.07) is 17.8. The molecule has 0 aliphatic rings. The van der Waals surface area contributed by atoms with Gasteiger partial charge in [0.1, 0.15) is 23.7 Å². The molecule has 3 N–H and O–H groups in total. The molecule has 0 saturated carbocycles. The molecular weight excluding hydrogens is 274 g/mol. The average molecular weight is 296 g/mol. The average Bonchev–Trinajstić information content (AvgIpc) is 2.82. The van der Waals surface area contributed by atoms with Crippen LogP contribution in [-0.4, -0.2) is 9.67 Å². The Bertz CT molecular complexity index is 765. The van der Waals surface area contributed by atoms with Crippen molar-refractivity contribution >= 4 is 17.0 Å². The third kappa shape index (κ3) is 2.57. The minimum absolute atomic E-state index is 0.451. The van der Waals surface area contributed by atoms with Gasteiger partial charge in [-0.05, 0) is 24.1 Å². The Morgan fingerprint density at radius 1 is 1.09 bits per heavy atom. The van der Waals surface area contributed by atoms with Gasteiger partial charge in [-0.25, -0.2) is 9.13 Å². The lowest BCUT2D eigenvalue weighted by molar-refractivity contribution is -0.666. The van der Waals surface area contributed by atoms with E-state index in [4.69, 9.17) is 5.73 Å². The minimum Gasteiger partial charge on any atom is -0.385 e. The van der Waals surface area contributed by atoms with E-state index in [0.717, 1.165) is 29.6 Å². The summed E-state index contributed by atoms with van der Waals surface area (Å²) in [7, 11) is 0. The molecule has 1 atom stereocenters. The number of fused-ring (bicyclic) bond motifs is 1. The zero-order chi connectivity index (χ0) is 15.5. The molecule has 0 spiro atoms. The second-order valence-electron chi connectivity index (χ2n) is 5.54. The van der Waals surface area contributed by atoms with E-state index in [1.54, 1.807) is 0 Å². The standard InChI is InChI=1S/C18H21N3O/c1-2-12-20-15-10-6-7-11-16(15)21(18(20)19)13-17(22)14-8-4-3-5-9-14/h3-11,17,19,22H,2,12-13H2,1H3/p+1/t17-/m1/s1. The van der Waals surface area contributed by atoms with Crippen molar-refractivity contribution in [2.24, 2.45) is 0 Å². The molecule has 4 heteroatoms. The first-order chi connectivity index (χ1) is 10.7. The molecular formula is C18H22N3O+. The van der Waals surface area contributed by atoms with Gasteiger partial charge < -0.3 is 5.11 Å². The fourth-order valence-electron chi connectivity index (χ4n) is 2.92. The smallest absolute Gasteiger partial charge is 0.356 e. The van der Waals surface area contributed by atoms with Crippen molar-refractivity contribution in [2.75, 3.05) is 5.73 Å². The maximum atomic E-state index is 10.5. The molecule has 1 heterocycles. The van der Waals surface area contributed by atoms with Crippen molar-refractivity contribution < 1.29 is 9.67 Å². The summed E-state index contributed by atoms with van der Waals surface area (Å²) >= 11 is 0. The number of aliphatic hydroxyl groups excluding tert-OH is 1. The summed E-state index contributed by atoms with van der Waals surface area (Å²) in [6.07, 6.45) is 0.443. The van der Waals surface area contributed by atoms with E-state index in [1.165, 1.54) is 0 Å². The van der Waals surface area contributed by atoms with Crippen molar-refractivity contribution in [3.63, 3.8) is 0 Å². The van der Waals surface area contributed by atoms with Gasteiger partial charge in [0.05, 0.1) is 6.54 Å². The van der Waals surface area contributed by atoms with E-state index >= 15 is 0 Å². The lowest BCUT2D eigenvalue weighted by Gasteiger charge is -2.10. The van der Waals surface area contributed by atoms with Crippen LogP contribution >= 0.6 is 0 Å². The van der Waals surface area contributed by atoms with Crippen molar-refractivity contribution in [1.29, 1.82) is 0 Å². The van der Waals surface area contributed by atoms with Gasteiger partial charge in [0.25, 0.3) is 0 Å². The van der Waals surface area contributed by atoms with Gasteiger partial charge in [-0.1, -0.05) is 49.4 Å². The van der Waals surface area contributed by atoms with Crippen LogP contribution in [-0.2, 0) is 13.1 Å². The molecule has 22 heavy (non-hydrogen) atoms. The predicted molar refractivity (Wildman–Crippen MR) is 88.2 cm³/mol. The zero-order valence-electron chi connectivity index (χ0n) is 12.8. The first kappa shape index (κ1) is 14.6. The number of anilines is 1. The Labute approximate surface area is 130 Å². The molecule has 1 aromatic heterocycles. The number of hydrogen-bond acceptors (Lipinski definition) is 2. The maximum Gasteiger partial charge on any atom is 0.356 e. The minimum atomic E-state index is -0.575. The fourth-order valence-corrected chi connectivity index (χ4v) is 2.92. The highest BCUT2D eigenvalue weighted by Gasteiger charge is 2.22. The number of rotatable bonds is 5. The number of imidazole rings is 1. The van der Waals surface area contributed by atoms with Crippen LogP contribution in [0.4, 0.5) is 5.95 Å². The Morgan fingerprint density at radius 2 is 1.77 bits per heavy atom. The third-order valence-corrected chi connectivity index (χ3v) is 4.00. The van der Waals surface area contributed by atoms with Crippen LogP contribution in [0.1, 0.15) is 25.0 Å². The highest BCUT2D eigenvalue weighted by molar-refractivity contribution is 5.73. The van der Waals surface area contributed by atoms with Crippen LogP contribution in [0.25, 0.3) is 11.0 Å². The normalized spacial score (nSPS) is 12.6. The van der Waals surface area contributed by atoms with E-state index in [0.29, 0.717) is 12.5 Å². The number of aryl methyl sites for hydroxylation is 1. The number of nitrogens with two attached hydrogens (primary N) is 1. The van der Waals surface area contributed by atoms with Crippen molar-refractivity contribution in [3.05, 3.63) is 60.2 Å². The molecule has 114 valence electrons. The Hall–Kier alpha value is -2.33. The highest BCUT2D eigenvalue weighted by atomic mass is 16.3. The summed E-state index contributed by atoms with van der Waals surface area (Å²) in [5.41, 5.74) is 9.42. The molecule has 0 aliphatic heterocycles. The SMILES string of the molecule is CCCn1c(N)[n+](C[C@@H](O)c2ccccc2)c2ccccc21. The third-order valence-electron chi connectivity index (χ3n) is 4.00. The number of aromatic nitrogens is 2. The summed E-state index contributed by atoms with van der Waals surface area (Å²) in [6.45, 7) is 3.46. The molecule has 4 nitrogen and oxygen atoms in total. The summed E-state index contributed by atoms with van der Waals surface area (Å²) in [5, 5.41) is 10.5. The van der Waals surface area contributed by atoms with Crippen LogP contribution in [0.2, 0.25) is 0 Å². The quantitative estimate of drug-likeness (QED) is 0.711. The van der Waals surface area contributed by atoms with Crippen LogP contribution in [0.15, 0.2) is 54.6 Å². The second-order valence-corrected chi connectivity index (χ2v) is 5.54. The van der Waals surface area contributed by atoms with E-state index in [2.05, 4.69) is 23.6 Å². The molecule has 3 rings (SSSR count). The van der Waals surface area contributed by atoms with Crippen molar-refractivity contribution in [2.45, 2.75) is 32.5 Å². The molecule has 0 saturated heterocycles. The maximum absolute atomic E-state index is 10.5. The number of para-hydroxylation sites is 2. The number of hydrogen-bond donors (Lipinski definition) is 2. The van der Waals surface area contributed by atoms with E-state index in [-0.39, 0.29) is 0 Å². The first-order valence-corrected chi connectivity index (χ1v) is 7.72. The van der Waals surface area contributed by atoms with Crippen LogP contribution in [0.3, 0.4) is 0 Å². The monoisotopic (exact) mass is 296 g/mol. The van der Waals surface area contributed by atoms with Crippen LogP contribution in [0.5, 0.6) is 0 Å². The molecule has 3 aromatic rings. The van der Waals surface area contributed by atoms with Gasteiger partial charge in [0, 0.05) is 0 Å². The molecule has 0 unspecified atom stereocenters. The molecule has 0 aliphatic carbocycles. The van der Waals surface area contributed by atoms with Gasteiger partial charge in [-0.2, -0.15) is 0 Å². The first-order valence-electron chi connectivity index (χ1n) is 7.72. The fraction of sp³-hybridized carbons (Fsp3) is 0.278. The largest absolute Gasteiger partial charge is 0.385 e.